The lowest BCUT2D eigenvalue weighted by atomic mass is 10.1. The number of fused-ring (bicyclic) bond motifs is 1. The van der Waals surface area contributed by atoms with Crippen LogP contribution < -0.4 is 0 Å². The van der Waals surface area contributed by atoms with E-state index in [0.29, 0.717) is 0 Å². The largest absolute Gasteiger partial charge is 0.389 e. The summed E-state index contributed by atoms with van der Waals surface area (Å²) in [6, 6.07) is 7.96. The SMILES string of the molecule is C[C@@H](O)c1c[nH]c2ccccc12. The molecule has 1 heterocycles. The number of para-hydroxylation sites is 1. The summed E-state index contributed by atoms with van der Waals surface area (Å²) in [5.74, 6) is 0. The van der Waals surface area contributed by atoms with E-state index < -0.39 is 6.10 Å². The highest BCUT2D eigenvalue weighted by Gasteiger charge is 2.06. The van der Waals surface area contributed by atoms with E-state index in [1.54, 1.807) is 6.92 Å². The van der Waals surface area contributed by atoms with Gasteiger partial charge in [-0.15, -0.1) is 0 Å². The molecule has 0 radical (unpaired) electrons. The molecule has 2 aromatic rings. The van der Waals surface area contributed by atoms with Gasteiger partial charge < -0.3 is 10.1 Å². The summed E-state index contributed by atoms with van der Waals surface area (Å²) in [6.45, 7) is 1.77. The number of aromatic nitrogens is 1. The van der Waals surface area contributed by atoms with Gasteiger partial charge in [0.1, 0.15) is 0 Å². The summed E-state index contributed by atoms with van der Waals surface area (Å²) in [5, 5.41) is 10.5. The molecule has 0 unspecified atom stereocenters. The molecule has 2 heteroatoms. The van der Waals surface area contributed by atoms with E-state index in [2.05, 4.69) is 4.98 Å². The molecule has 0 aliphatic carbocycles. The average Bonchev–Trinajstić information content (AvgIpc) is 2.47. The maximum atomic E-state index is 9.39. The van der Waals surface area contributed by atoms with Crippen LogP contribution in [0.25, 0.3) is 10.9 Å². The standard InChI is InChI=1S/C10H11NO/c1-7(12)9-6-11-10-5-3-2-4-8(9)10/h2-7,11-12H,1H3/t7-/m1/s1. The Hall–Kier alpha value is -1.28. The highest BCUT2D eigenvalue weighted by atomic mass is 16.3. The number of hydrogen-bond donors (Lipinski definition) is 2. The molecule has 2 N–H and O–H groups in total. The van der Waals surface area contributed by atoms with Gasteiger partial charge in [-0.25, -0.2) is 0 Å². The number of rotatable bonds is 1. The summed E-state index contributed by atoms with van der Waals surface area (Å²) in [5.41, 5.74) is 2.04. The fourth-order valence-corrected chi connectivity index (χ4v) is 1.44. The van der Waals surface area contributed by atoms with Crippen LogP contribution in [-0.4, -0.2) is 10.1 Å². The van der Waals surface area contributed by atoms with Crippen LogP contribution in [-0.2, 0) is 0 Å². The van der Waals surface area contributed by atoms with Crippen molar-refractivity contribution in [1.29, 1.82) is 0 Å². The Morgan fingerprint density at radius 2 is 2.08 bits per heavy atom. The fraction of sp³-hybridized carbons (Fsp3) is 0.200. The van der Waals surface area contributed by atoms with E-state index in [4.69, 9.17) is 0 Å². The third kappa shape index (κ3) is 1.01. The molecule has 1 atom stereocenters. The van der Waals surface area contributed by atoms with Crippen LogP contribution in [0.5, 0.6) is 0 Å². The molecule has 2 nitrogen and oxygen atoms in total. The minimum Gasteiger partial charge on any atom is -0.389 e. The van der Waals surface area contributed by atoms with Crippen molar-refractivity contribution in [2.24, 2.45) is 0 Å². The van der Waals surface area contributed by atoms with Gasteiger partial charge in [-0.05, 0) is 13.0 Å². The lowest BCUT2D eigenvalue weighted by molar-refractivity contribution is 0.201. The zero-order chi connectivity index (χ0) is 8.55. The van der Waals surface area contributed by atoms with Crippen LogP contribution in [0.2, 0.25) is 0 Å². The van der Waals surface area contributed by atoms with Gasteiger partial charge in [-0.3, -0.25) is 0 Å². The maximum absolute atomic E-state index is 9.39. The minimum atomic E-state index is -0.402. The van der Waals surface area contributed by atoms with Crippen molar-refractivity contribution in [2.75, 3.05) is 0 Å². The number of benzene rings is 1. The third-order valence-electron chi connectivity index (χ3n) is 2.07. The lowest BCUT2D eigenvalue weighted by Gasteiger charge is -2.00. The van der Waals surface area contributed by atoms with E-state index in [1.165, 1.54) is 0 Å². The topological polar surface area (TPSA) is 36.0 Å². The Morgan fingerprint density at radius 1 is 1.33 bits per heavy atom. The summed E-state index contributed by atoms with van der Waals surface area (Å²) in [6.07, 6.45) is 1.45. The number of aliphatic hydroxyl groups excluding tert-OH is 1. The first-order valence-electron chi connectivity index (χ1n) is 4.03. The highest BCUT2D eigenvalue weighted by molar-refractivity contribution is 5.83. The molecule has 12 heavy (non-hydrogen) atoms. The second-order valence-corrected chi connectivity index (χ2v) is 2.97. The predicted octanol–water partition coefficient (Wildman–Crippen LogP) is 2.22. The molecule has 62 valence electrons. The van der Waals surface area contributed by atoms with Crippen molar-refractivity contribution in [2.45, 2.75) is 13.0 Å². The van der Waals surface area contributed by atoms with E-state index in [9.17, 15) is 5.11 Å². The molecule has 0 bridgehead atoms. The maximum Gasteiger partial charge on any atom is 0.0782 e. The van der Waals surface area contributed by atoms with Gasteiger partial charge in [0.25, 0.3) is 0 Å². The van der Waals surface area contributed by atoms with Crippen molar-refractivity contribution in [1.82, 2.24) is 4.98 Å². The van der Waals surface area contributed by atoms with Crippen LogP contribution in [0.15, 0.2) is 30.5 Å². The second kappa shape index (κ2) is 2.64. The Morgan fingerprint density at radius 3 is 2.83 bits per heavy atom. The molecule has 0 spiro atoms. The Kier molecular flexibility index (Phi) is 1.62. The predicted molar refractivity (Wildman–Crippen MR) is 48.9 cm³/mol. The third-order valence-corrected chi connectivity index (χ3v) is 2.07. The zero-order valence-electron chi connectivity index (χ0n) is 6.91. The molecule has 0 aliphatic heterocycles. The molecular formula is C10H11NO. The first-order chi connectivity index (χ1) is 5.79. The number of nitrogens with one attached hydrogen (secondary N) is 1. The van der Waals surface area contributed by atoms with E-state index >= 15 is 0 Å². The smallest absolute Gasteiger partial charge is 0.0782 e. The normalized spacial score (nSPS) is 13.5. The second-order valence-electron chi connectivity index (χ2n) is 2.97. The van der Waals surface area contributed by atoms with Gasteiger partial charge in [0, 0.05) is 22.7 Å². The molecule has 1 aromatic carbocycles. The molecule has 2 rings (SSSR count). The minimum absolute atomic E-state index is 0.402. The molecule has 0 aliphatic rings. The molecule has 0 saturated carbocycles. The van der Waals surface area contributed by atoms with Crippen molar-refractivity contribution in [3.05, 3.63) is 36.0 Å². The fourth-order valence-electron chi connectivity index (χ4n) is 1.44. The number of aromatic amines is 1. The number of H-pyrrole nitrogens is 1. The van der Waals surface area contributed by atoms with Crippen LogP contribution >= 0.6 is 0 Å². The lowest BCUT2D eigenvalue weighted by Crippen LogP contribution is -1.87. The molecule has 0 amide bonds. The van der Waals surface area contributed by atoms with Crippen LogP contribution in [0, 0.1) is 0 Å². The summed E-state index contributed by atoms with van der Waals surface area (Å²) in [4.78, 5) is 3.11. The van der Waals surface area contributed by atoms with E-state index in [0.717, 1.165) is 16.5 Å². The molecule has 0 fully saturated rings. The molecule has 1 aromatic heterocycles. The van der Waals surface area contributed by atoms with Crippen molar-refractivity contribution >= 4 is 10.9 Å². The summed E-state index contributed by atoms with van der Waals surface area (Å²) >= 11 is 0. The van der Waals surface area contributed by atoms with Gasteiger partial charge >= 0.3 is 0 Å². The van der Waals surface area contributed by atoms with Gasteiger partial charge in [0.2, 0.25) is 0 Å². The van der Waals surface area contributed by atoms with Crippen molar-refractivity contribution in [3.63, 3.8) is 0 Å². The molecule has 0 saturated heterocycles. The monoisotopic (exact) mass is 161 g/mol. The Balaban J connectivity index is 2.70. The van der Waals surface area contributed by atoms with Crippen LogP contribution in [0.3, 0.4) is 0 Å². The summed E-state index contributed by atoms with van der Waals surface area (Å²) < 4.78 is 0. The van der Waals surface area contributed by atoms with Crippen molar-refractivity contribution in [3.8, 4) is 0 Å². The Bertz CT molecular complexity index is 389. The van der Waals surface area contributed by atoms with E-state index in [1.807, 2.05) is 30.5 Å². The van der Waals surface area contributed by atoms with Gasteiger partial charge in [0.15, 0.2) is 0 Å². The van der Waals surface area contributed by atoms with Crippen molar-refractivity contribution < 1.29 is 5.11 Å². The van der Waals surface area contributed by atoms with Gasteiger partial charge in [0.05, 0.1) is 6.10 Å². The Labute approximate surface area is 70.8 Å². The van der Waals surface area contributed by atoms with E-state index in [-0.39, 0.29) is 0 Å². The number of aliphatic hydroxyl groups is 1. The zero-order valence-corrected chi connectivity index (χ0v) is 6.91. The number of hydrogen-bond acceptors (Lipinski definition) is 1. The van der Waals surface area contributed by atoms with Crippen LogP contribution in [0.1, 0.15) is 18.6 Å². The average molecular weight is 161 g/mol. The van der Waals surface area contributed by atoms with Gasteiger partial charge in [-0.2, -0.15) is 0 Å². The summed E-state index contributed by atoms with van der Waals surface area (Å²) in [7, 11) is 0. The first-order valence-corrected chi connectivity index (χ1v) is 4.03. The highest BCUT2D eigenvalue weighted by Crippen LogP contribution is 2.22. The van der Waals surface area contributed by atoms with Gasteiger partial charge in [-0.1, -0.05) is 18.2 Å². The quantitative estimate of drug-likeness (QED) is 0.661. The van der Waals surface area contributed by atoms with Crippen LogP contribution in [0.4, 0.5) is 0 Å². The first kappa shape index (κ1) is 7.37. The molecular weight excluding hydrogens is 150 g/mol.